The summed E-state index contributed by atoms with van der Waals surface area (Å²) in [5, 5.41) is 0. The molecule has 4 aliphatic carbocycles. The van der Waals surface area contributed by atoms with Crippen LogP contribution in [-0.4, -0.2) is 5.97 Å². The van der Waals surface area contributed by atoms with Crippen molar-refractivity contribution >= 4 is 5.97 Å². The number of carbonyl (C=O) groups excluding carboxylic acids is 1. The standard InChI is InChI=1S/C21H24F2O.C21H24O2.2C20H24/c1-15-3-7-17(8-4-15)18-9-11-19(12-10-18)21(22,23)24-20-13-5-16(2)6-14-20;1-15-3-7-17(8-4-15)18-9-11-19(12-10-18)21(22)23-20-13-5-16(2)6-14-20;2*1-15-3-7-17(8-4-15)19-11-13-20(14-12-19)18-9-5-16(2)6-10-18/h5-6,9-15,17H,3-4,7-8H2,1-2H3;5-6,9-15,17H,3-4,7-8H2,1-2H3;2*3-4,7-8,11-14,16,18H,5-6,9-10H2,1-2H3. The molecule has 0 aromatic heterocycles. The third kappa shape index (κ3) is 19.2. The molecule has 0 N–H and O–H groups in total. The predicted molar refractivity (Wildman–Crippen MR) is 359 cm³/mol. The highest BCUT2D eigenvalue weighted by Gasteiger charge is 2.35. The minimum Gasteiger partial charge on any atom is -0.429 e. The van der Waals surface area contributed by atoms with E-state index in [1.807, 2.05) is 62.4 Å². The van der Waals surface area contributed by atoms with Gasteiger partial charge < -0.3 is 9.47 Å². The first-order valence-corrected chi connectivity index (χ1v) is 33.0. The molecular formula is C82H96F2O3. The predicted octanol–water partition coefficient (Wildman–Crippen LogP) is 23.8. The van der Waals surface area contributed by atoms with Gasteiger partial charge in [-0.2, -0.15) is 8.78 Å². The highest BCUT2D eigenvalue weighted by atomic mass is 19.3. The zero-order chi connectivity index (χ0) is 61.3. The van der Waals surface area contributed by atoms with Crippen molar-refractivity contribution in [3.8, 4) is 33.8 Å². The molecule has 4 fully saturated rings. The van der Waals surface area contributed by atoms with Gasteiger partial charge in [0.1, 0.15) is 11.5 Å². The molecule has 12 rings (SSSR count). The lowest BCUT2D eigenvalue weighted by Crippen LogP contribution is -2.22. The summed E-state index contributed by atoms with van der Waals surface area (Å²) in [6, 6.07) is 65.0. The molecule has 0 saturated heterocycles. The highest BCUT2D eigenvalue weighted by molar-refractivity contribution is 5.91. The fraction of sp³-hybridized carbons (Fsp3) is 0.402. The van der Waals surface area contributed by atoms with Gasteiger partial charge >= 0.3 is 12.1 Å². The number of rotatable bonds is 11. The molecule has 8 aromatic rings. The molecule has 4 saturated carbocycles. The van der Waals surface area contributed by atoms with Gasteiger partial charge in [0.15, 0.2) is 0 Å². The Morgan fingerprint density at radius 3 is 0.862 bits per heavy atom. The summed E-state index contributed by atoms with van der Waals surface area (Å²) in [6.45, 7) is 17.6. The summed E-state index contributed by atoms with van der Waals surface area (Å²) in [5.41, 5.74) is 16.2. The van der Waals surface area contributed by atoms with Crippen LogP contribution in [0.3, 0.4) is 0 Å². The Morgan fingerprint density at radius 2 is 0.563 bits per heavy atom. The number of carbonyl (C=O) groups is 1. The van der Waals surface area contributed by atoms with E-state index in [1.54, 1.807) is 24.3 Å². The molecule has 0 radical (unpaired) electrons. The lowest BCUT2D eigenvalue weighted by Gasteiger charge is -2.27. The van der Waals surface area contributed by atoms with Gasteiger partial charge in [-0.05, 0) is 219 Å². The van der Waals surface area contributed by atoms with E-state index in [-0.39, 0.29) is 17.3 Å². The molecule has 0 atom stereocenters. The number of aryl methyl sites for hydroxylation is 4. The topological polar surface area (TPSA) is 35.5 Å². The number of alkyl halides is 2. The van der Waals surface area contributed by atoms with Crippen LogP contribution in [0.4, 0.5) is 8.78 Å². The molecule has 3 nitrogen and oxygen atoms in total. The maximum absolute atomic E-state index is 14.3. The van der Waals surface area contributed by atoms with Crippen molar-refractivity contribution in [2.45, 2.75) is 188 Å². The summed E-state index contributed by atoms with van der Waals surface area (Å²) >= 11 is 0. The lowest BCUT2D eigenvalue weighted by atomic mass is 9.79. The Morgan fingerprint density at radius 1 is 0.322 bits per heavy atom. The van der Waals surface area contributed by atoms with Crippen molar-refractivity contribution in [3.63, 3.8) is 0 Å². The fourth-order valence-electron chi connectivity index (χ4n) is 13.2. The summed E-state index contributed by atoms with van der Waals surface area (Å²) < 4.78 is 39.0. The van der Waals surface area contributed by atoms with E-state index < -0.39 is 6.11 Å². The van der Waals surface area contributed by atoms with Crippen molar-refractivity contribution in [1.29, 1.82) is 0 Å². The van der Waals surface area contributed by atoms with Gasteiger partial charge in [-0.1, -0.05) is 247 Å². The van der Waals surface area contributed by atoms with Crippen LogP contribution < -0.4 is 9.47 Å². The van der Waals surface area contributed by atoms with Crippen molar-refractivity contribution in [2.24, 2.45) is 23.7 Å². The van der Waals surface area contributed by atoms with Gasteiger partial charge in [-0.15, -0.1) is 0 Å². The second-order valence-electron chi connectivity index (χ2n) is 26.7. The number of halogens is 2. The van der Waals surface area contributed by atoms with Crippen LogP contribution in [0.25, 0.3) is 22.3 Å². The molecular weight excluding hydrogens is 1070 g/mol. The molecule has 8 aromatic carbocycles. The summed E-state index contributed by atoms with van der Waals surface area (Å²) in [6.07, 6.45) is 17.6. The number of ether oxygens (including phenoxy) is 2. The highest BCUT2D eigenvalue weighted by Crippen LogP contribution is 2.41. The Kier molecular flexibility index (Phi) is 23.1. The zero-order valence-electron chi connectivity index (χ0n) is 53.4. The molecule has 5 heteroatoms. The third-order valence-corrected chi connectivity index (χ3v) is 19.4. The molecule has 0 unspecified atom stereocenters. The van der Waals surface area contributed by atoms with E-state index in [0.717, 1.165) is 65.0 Å². The zero-order valence-corrected chi connectivity index (χ0v) is 53.4. The monoisotopic (exact) mass is 1170 g/mol. The fourth-order valence-corrected chi connectivity index (χ4v) is 13.2. The Bertz CT molecular complexity index is 3190. The SMILES string of the molecule is Cc1ccc(-c2ccc(C3CCC(C)CC3)cc2)cc1.Cc1ccc(-c2ccc(C3CCC(C)CC3)cc2)cc1.Cc1ccc(OC(=O)c2ccc(C3CCC(C)CC3)cc2)cc1.Cc1ccc(OC(F)(F)c2ccc(C3CCC(C)CC3)cc2)cc1. The molecule has 0 heterocycles. The number of hydrogen-bond donors (Lipinski definition) is 0. The molecule has 0 aliphatic heterocycles. The second kappa shape index (κ2) is 31.2. The van der Waals surface area contributed by atoms with Crippen molar-refractivity contribution < 1.29 is 23.0 Å². The number of esters is 1. The second-order valence-corrected chi connectivity index (χ2v) is 26.7. The Labute approximate surface area is 521 Å². The Hall–Kier alpha value is -7.11. The minimum atomic E-state index is -3.32. The van der Waals surface area contributed by atoms with Crippen molar-refractivity contribution in [2.75, 3.05) is 0 Å². The van der Waals surface area contributed by atoms with Gasteiger partial charge in [0.2, 0.25) is 0 Å². The first-order valence-electron chi connectivity index (χ1n) is 33.0. The van der Waals surface area contributed by atoms with E-state index in [1.165, 1.54) is 152 Å². The van der Waals surface area contributed by atoms with Gasteiger partial charge in [-0.25, -0.2) is 4.79 Å². The van der Waals surface area contributed by atoms with E-state index >= 15 is 0 Å². The van der Waals surface area contributed by atoms with Crippen LogP contribution in [0.5, 0.6) is 11.5 Å². The van der Waals surface area contributed by atoms with Crippen LogP contribution in [0.2, 0.25) is 0 Å². The van der Waals surface area contributed by atoms with Crippen molar-refractivity contribution in [1.82, 2.24) is 0 Å². The number of benzene rings is 8. The molecule has 4 aliphatic rings. The first-order chi connectivity index (χ1) is 42.0. The van der Waals surface area contributed by atoms with Crippen LogP contribution >= 0.6 is 0 Å². The Balaban J connectivity index is 0.000000139. The van der Waals surface area contributed by atoms with Gasteiger partial charge in [-0.3, -0.25) is 0 Å². The summed E-state index contributed by atoms with van der Waals surface area (Å²) in [5.74, 6) is 6.70. The quantitative estimate of drug-likeness (QED) is 0.0956. The van der Waals surface area contributed by atoms with E-state index in [9.17, 15) is 13.6 Å². The van der Waals surface area contributed by atoms with E-state index in [2.05, 4.69) is 151 Å². The summed E-state index contributed by atoms with van der Waals surface area (Å²) in [4.78, 5) is 12.2. The average Bonchev–Trinajstić information content (AvgIpc) is 3.71. The normalized spacial score (nSPS) is 21.9. The van der Waals surface area contributed by atoms with E-state index in [4.69, 9.17) is 9.47 Å². The van der Waals surface area contributed by atoms with Crippen LogP contribution in [0.15, 0.2) is 194 Å². The maximum atomic E-state index is 14.3. The van der Waals surface area contributed by atoms with Crippen LogP contribution in [0, 0.1) is 51.4 Å². The average molecular weight is 1170 g/mol. The van der Waals surface area contributed by atoms with Gasteiger partial charge in [0, 0.05) is 0 Å². The van der Waals surface area contributed by atoms with Crippen molar-refractivity contribution in [3.05, 3.63) is 250 Å². The molecule has 0 bridgehead atoms. The van der Waals surface area contributed by atoms with Gasteiger partial charge in [0.05, 0.1) is 11.1 Å². The molecule has 456 valence electrons. The lowest BCUT2D eigenvalue weighted by molar-refractivity contribution is -0.185. The maximum Gasteiger partial charge on any atom is 0.426 e. The van der Waals surface area contributed by atoms with E-state index in [0.29, 0.717) is 23.1 Å². The summed E-state index contributed by atoms with van der Waals surface area (Å²) in [7, 11) is 0. The molecule has 0 spiro atoms. The molecule has 0 amide bonds. The number of hydrogen-bond acceptors (Lipinski definition) is 3. The van der Waals surface area contributed by atoms with Crippen LogP contribution in [-0.2, 0) is 6.11 Å². The smallest absolute Gasteiger partial charge is 0.426 e. The largest absolute Gasteiger partial charge is 0.429 e. The third-order valence-electron chi connectivity index (χ3n) is 19.4. The van der Waals surface area contributed by atoms with Crippen LogP contribution in [0.1, 0.15) is 215 Å². The first kappa shape index (κ1) is 64.4. The van der Waals surface area contributed by atoms with Gasteiger partial charge in [0.25, 0.3) is 0 Å². The molecule has 87 heavy (non-hydrogen) atoms. The minimum absolute atomic E-state index is 0.101.